The number of nitrogens with one attached hydrogen (secondary N) is 1. The molecule has 0 saturated carbocycles. The molecule has 2 unspecified atom stereocenters. The van der Waals surface area contributed by atoms with Crippen molar-refractivity contribution in [3.63, 3.8) is 0 Å². The molecule has 0 radical (unpaired) electrons. The van der Waals surface area contributed by atoms with Crippen LogP contribution in [0.15, 0.2) is 0 Å². The summed E-state index contributed by atoms with van der Waals surface area (Å²) in [6, 6.07) is 1.09. The lowest BCUT2D eigenvalue weighted by atomic mass is 10.00. The summed E-state index contributed by atoms with van der Waals surface area (Å²) >= 11 is 0. The van der Waals surface area contributed by atoms with Gasteiger partial charge in [-0.25, -0.2) is 0 Å². The quantitative estimate of drug-likeness (QED) is 0.450. The topological polar surface area (TPSA) is 73.3 Å². The van der Waals surface area contributed by atoms with E-state index < -0.39 is 0 Å². The van der Waals surface area contributed by atoms with Crippen molar-refractivity contribution in [3.8, 4) is 0 Å². The SMILES string of the molecule is N=C(N)CCN1C2CCC1CC(O)C2. The van der Waals surface area contributed by atoms with Crippen molar-refractivity contribution in [1.29, 1.82) is 5.41 Å². The fourth-order valence-corrected chi connectivity index (χ4v) is 2.86. The zero-order valence-electron chi connectivity index (χ0n) is 8.45. The van der Waals surface area contributed by atoms with Crippen LogP contribution in [0.3, 0.4) is 0 Å². The third kappa shape index (κ3) is 1.91. The minimum Gasteiger partial charge on any atom is -0.393 e. The second-order valence-electron chi connectivity index (χ2n) is 4.52. The van der Waals surface area contributed by atoms with Crippen LogP contribution in [0.1, 0.15) is 32.1 Å². The van der Waals surface area contributed by atoms with Gasteiger partial charge in [0.1, 0.15) is 0 Å². The lowest BCUT2D eigenvalue weighted by Gasteiger charge is -2.37. The number of hydrogen-bond acceptors (Lipinski definition) is 3. The van der Waals surface area contributed by atoms with E-state index in [-0.39, 0.29) is 11.9 Å². The summed E-state index contributed by atoms with van der Waals surface area (Å²) in [5.41, 5.74) is 5.36. The third-order valence-corrected chi connectivity index (χ3v) is 3.50. The summed E-state index contributed by atoms with van der Waals surface area (Å²) < 4.78 is 0. The lowest BCUT2D eigenvalue weighted by Crippen LogP contribution is -2.45. The largest absolute Gasteiger partial charge is 0.393 e. The Morgan fingerprint density at radius 3 is 2.43 bits per heavy atom. The highest BCUT2D eigenvalue weighted by molar-refractivity contribution is 5.76. The minimum atomic E-state index is -0.0962. The van der Waals surface area contributed by atoms with Gasteiger partial charge in [0.25, 0.3) is 0 Å². The van der Waals surface area contributed by atoms with Gasteiger partial charge in [-0.2, -0.15) is 0 Å². The van der Waals surface area contributed by atoms with Crippen LogP contribution in [-0.2, 0) is 0 Å². The molecule has 2 bridgehead atoms. The zero-order valence-corrected chi connectivity index (χ0v) is 8.45. The molecular weight excluding hydrogens is 178 g/mol. The Morgan fingerprint density at radius 1 is 1.36 bits per heavy atom. The molecule has 4 nitrogen and oxygen atoms in total. The summed E-state index contributed by atoms with van der Waals surface area (Å²) in [5.74, 6) is 0.274. The Labute approximate surface area is 84.6 Å². The van der Waals surface area contributed by atoms with Crippen LogP contribution >= 0.6 is 0 Å². The van der Waals surface area contributed by atoms with E-state index in [0.29, 0.717) is 18.5 Å². The van der Waals surface area contributed by atoms with Crippen molar-refractivity contribution < 1.29 is 5.11 Å². The molecule has 0 aromatic heterocycles. The average Bonchev–Trinajstić information content (AvgIpc) is 2.34. The molecule has 2 aliphatic rings. The average molecular weight is 197 g/mol. The first-order chi connectivity index (χ1) is 6.66. The summed E-state index contributed by atoms with van der Waals surface area (Å²) in [4.78, 5) is 2.44. The molecular formula is C10H19N3O. The van der Waals surface area contributed by atoms with E-state index in [9.17, 15) is 5.11 Å². The highest BCUT2D eigenvalue weighted by Crippen LogP contribution is 2.35. The normalized spacial score (nSPS) is 37.4. The fraction of sp³-hybridized carbons (Fsp3) is 0.900. The third-order valence-electron chi connectivity index (χ3n) is 3.50. The number of amidine groups is 1. The van der Waals surface area contributed by atoms with Gasteiger partial charge < -0.3 is 10.8 Å². The van der Waals surface area contributed by atoms with Crippen molar-refractivity contribution in [3.05, 3.63) is 0 Å². The van der Waals surface area contributed by atoms with E-state index >= 15 is 0 Å². The highest BCUT2D eigenvalue weighted by Gasteiger charge is 2.39. The summed E-state index contributed by atoms with van der Waals surface area (Å²) in [5, 5.41) is 16.8. The number of rotatable bonds is 3. The van der Waals surface area contributed by atoms with Gasteiger partial charge in [-0.3, -0.25) is 10.3 Å². The number of fused-ring (bicyclic) bond motifs is 2. The van der Waals surface area contributed by atoms with Crippen molar-refractivity contribution in [1.82, 2.24) is 4.90 Å². The first-order valence-corrected chi connectivity index (χ1v) is 5.43. The first-order valence-electron chi connectivity index (χ1n) is 5.43. The van der Waals surface area contributed by atoms with Crippen LogP contribution in [0.5, 0.6) is 0 Å². The van der Waals surface area contributed by atoms with Crippen LogP contribution in [0.4, 0.5) is 0 Å². The first kappa shape index (κ1) is 9.93. The van der Waals surface area contributed by atoms with Gasteiger partial charge >= 0.3 is 0 Å². The van der Waals surface area contributed by atoms with E-state index in [4.69, 9.17) is 11.1 Å². The lowest BCUT2D eigenvalue weighted by molar-refractivity contribution is 0.0371. The van der Waals surface area contributed by atoms with E-state index in [1.807, 2.05) is 0 Å². The van der Waals surface area contributed by atoms with Crippen LogP contribution in [0.25, 0.3) is 0 Å². The molecule has 2 rings (SSSR count). The molecule has 2 fully saturated rings. The number of piperidine rings is 1. The summed E-state index contributed by atoms with van der Waals surface area (Å²) in [6.45, 7) is 0.900. The number of aliphatic hydroxyl groups excluding tert-OH is 1. The molecule has 4 heteroatoms. The Hall–Kier alpha value is -0.610. The standard InChI is InChI=1S/C10H19N3O/c11-10(12)3-4-13-7-1-2-8(13)6-9(14)5-7/h7-9,14H,1-6H2,(H3,11,12). The maximum atomic E-state index is 9.59. The molecule has 4 N–H and O–H groups in total. The van der Waals surface area contributed by atoms with Crippen molar-refractivity contribution in [2.45, 2.75) is 50.3 Å². The van der Waals surface area contributed by atoms with Crippen molar-refractivity contribution >= 4 is 5.84 Å². The molecule has 80 valence electrons. The maximum absolute atomic E-state index is 9.59. The Morgan fingerprint density at radius 2 is 1.93 bits per heavy atom. The van der Waals surface area contributed by atoms with E-state index in [2.05, 4.69) is 4.90 Å². The number of nitrogens with two attached hydrogens (primary N) is 1. The maximum Gasteiger partial charge on any atom is 0.0918 e. The van der Waals surface area contributed by atoms with Crippen LogP contribution in [0, 0.1) is 5.41 Å². The second-order valence-corrected chi connectivity index (χ2v) is 4.52. The summed E-state index contributed by atoms with van der Waals surface area (Å²) in [6.07, 6.45) is 4.81. The Balaban J connectivity index is 1.90. The molecule has 0 spiro atoms. The van der Waals surface area contributed by atoms with Gasteiger partial charge in [-0.05, 0) is 25.7 Å². The molecule has 0 aliphatic carbocycles. The van der Waals surface area contributed by atoms with Gasteiger partial charge in [-0.1, -0.05) is 0 Å². The van der Waals surface area contributed by atoms with Crippen molar-refractivity contribution in [2.24, 2.45) is 5.73 Å². The minimum absolute atomic E-state index is 0.0962. The molecule has 2 saturated heterocycles. The predicted octanol–water partition coefficient (Wildman–Crippen LogP) is 0.300. The predicted molar refractivity (Wildman–Crippen MR) is 55.3 cm³/mol. The second kappa shape index (κ2) is 3.87. The summed E-state index contributed by atoms with van der Waals surface area (Å²) in [7, 11) is 0. The number of aliphatic hydroxyl groups is 1. The van der Waals surface area contributed by atoms with Crippen LogP contribution in [-0.4, -0.2) is 40.6 Å². The molecule has 2 heterocycles. The fourth-order valence-electron chi connectivity index (χ4n) is 2.86. The molecule has 0 aromatic rings. The Kier molecular flexibility index (Phi) is 2.74. The highest BCUT2D eigenvalue weighted by atomic mass is 16.3. The van der Waals surface area contributed by atoms with Gasteiger partial charge in [0, 0.05) is 25.0 Å². The van der Waals surface area contributed by atoms with Crippen molar-refractivity contribution in [2.75, 3.05) is 6.54 Å². The number of hydrogen-bond donors (Lipinski definition) is 3. The monoisotopic (exact) mass is 197 g/mol. The number of nitrogens with zero attached hydrogens (tertiary/aromatic N) is 1. The Bertz CT molecular complexity index is 217. The molecule has 2 aliphatic heterocycles. The molecule has 0 amide bonds. The van der Waals surface area contributed by atoms with Gasteiger partial charge in [0.15, 0.2) is 0 Å². The molecule has 2 atom stereocenters. The smallest absolute Gasteiger partial charge is 0.0918 e. The van der Waals surface area contributed by atoms with E-state index in [1.165, 1.54) is 12.8 Å². The van der Waals surface area contributed by atoms with Gasteiger partial charge in [0.05, 0.1) is 11.9 Å². The molecule has 14 heavy (non-hydrogen) atoms. The van der Waals surface area contributed by atoms with Gasteiger partial charge in [-0.15, -0.1) is 0 Å². The van der Waals surface area contributed by atoms with E-state index in [0.717, 1.165) is 19.4 Å². The van der Waals surface area contributed by atoms with Crippen LogP contribution in [0.2, 0.25) is 0 Å². The molecule has 0 aromatic carbocycles. The van der Waals surface area contributed by atoms with Gasteiger partial charge in [0.2, 0.25) is 0 Å². The van der Waals surface area contributed by atoms with Crippen LogP contribution < -0.4 is 5.73 Å². The zero-order chi connectivity index (χ0) is 10.1. The van der Waals surface area contributed by atoms with E-state index in [1.54, 1.807) is 0 Å².